The quantitative estimate of drug-likeness (QED) is 0.359. The van der Waals surface area contributed by atoms with E-state index in [4.69, 9.17) is 25.8 Å². The Morgan fingerprint density at radius 3 is 2.15 bits per heavy atom. The van der Waals surface area contributed by atoms with Crippen LogP contribution in [0.15, 0.2) is 42.6 Å². The van der Waals surface area contributed by atoms with E-state index in [1.165, 1.54) is 0 Å². The lowest BCUT2D eigenvalue weighted by atomic mass is 9.90. The highest BCUT2D eigenvalue weighted by Gasteiger charge is 2.22. The van der Waals surface area contributed by atoms with E-state index in [2.05, 4.69) is 15.6 Å². The van der Waals surface area contributed by atoms with Crippen LogP contribution in [0.5, 0.6) is 17.2 Å². The predicted octanol–water partition coefficient (Wildman–Crippen LogP) is 6.27. The Labute approximate surface area is 218 Å². The minimum absolute atomic E-state index is 0. The van der Waals surface area contributed by atoms with Gasteiger partial charge in [0.2, 0.25) is 5.75 Å². The first kappa shape index (κ1) is 28.1. The number of methoxy groups -OCH3 is 3. The van der Waals surface area contributed by atoms with Crippen molar-refractivity contribution in [2.45, 2.75) is 44.3 Å². The number of hydrogen-bond donors (Lipinski definition) is 2. The number of hydrogen-bond acceptors (Lipinski definition) is 6. The molecule has 1 heterocycles. The standard InChI is InChI=1S/C25H30ClN3O3.2ClH/c1-30-23-12-16(13-24(31-2)25(23)32-3)15-28-18-5-7-19(8-6-18)29-21-10-11-27-22-14-17(26)4-9-20(21)22;;/h4,9-14,18-19,28H,5-8,15H2,1-3H3,(H,27,29);2*1H/t18-,19-;;. The molecule has 0 bridgehead atoms. The number of pyridine rings is 1. The summed E-state index contributed by atoms with van der Waals surface area (Å²) in [4.78, 5) is 4.44. The number of nitrogens with zero attached hydrogens (tertiary/aromatic N) is 1. The van der Waals surface area contributed by atoms with Crippen LogP contribution in [0.1, 0.15) is 31.2 Å². The van der Waals surface area contributed by atoms with Crippen molar-refractivity contribution in [3.05, 3.63) is 53.2 Å². The van der Waals surface area contributed by atoms with E-state index in [1.54, 1.807) is 21.3 Å². The van der Waals surface area contributed by atoms with Gasteiger partial charge in [-0.05, 0) is 67.6 Å². The number of anilines is 1. The topological polar surface area (TPSA) is 64.6 Å². The summed E-state index contributed by atoms with van der Waals surface area (Å²) in [5, 5.41) is 9.24. The smallest absolute Gasteiger partial charge is 0.203 e. The van der Waals surface area contributed by atoms with Crippen molar-refractivity contribution < 1.29 is 14.2 Å². The van der Waals surface area contributed by atoms with Gasteiger partial charge in [0.1, 0.15) is 0 Å². The van der Waals surface area contributed by atoms with Crippen molar-refractivity contribution >= 4 is 53.0 Å². The van der Waals surface area contributed by atoms with Crippen LogP contribution in [-0.4, -0.2) is 38.4 Å². The molecule has 1 fully saturated rings. The van der Waals surface area contributed by atoms with Crippen molar-refractivity contribution in [3.63, 3.8) is 0 Å². The molecule has 9 heteroatoms. The third kappa shape index (κ3) is 6.51. The van der Waals surface area contributed by atoms with Gasteiger partial charge in [0.05, 0.1) is 26.8 Å². The lowest BCUT2D eigenvalue weighted by molar-refractivity contribution is 0.322. The molecule has 3 aromatic rings. The average molecular weight is 529 g/mol. The molecule has 6 nitrogen and oxygen atoms in total. The lowest BCUT2D eigenvalue weighted by Gasteiger charge is -2.31. The van der Waals surface area contributed by atoms with Gasteiger partial charge in [-0.1, -0.05) is 11.6 Å². The zero-order valence-electron chi connectivity index (χ0n) is 19.6. The molecular formula is C25H32Cl3N3O3. The van der Waals surface area contributed by atoms with Crippen LogP contribution in [0.25, 0.3) is 10.9 Å². The van der Waals surface area contributed by atoms with Gasteiger partial charge in [0.15, 0.2) is 11.5 Å². The third-order valence-electron chi connectivity index (χ3n) is 6.11. The molecule has 0 radical (unpaired) electrons. The van der Waals surface area contributed by atoms with Crippen LogP contribution >= 0.6 is 36.4 Å². The number of halogens is 3. The Morgan fingerprint density at radius 2 is 1.53 bits per heavy atom. The summed E-state index contributed by atoms with van der Waals surface area (Å²) in [5.74, 6) is 1.99. The Kier molecular flexibility index (Phi) is 10.8. The Balaban J connectivity index is 0.00000204. The Bertz CT molecular complexity index is 1050. The second-order valence-corrected chi connectivity index (χ2v) is 8.56. The molecule has 0 spiro atoms. The fourth-order valence-electron chi connectivity index (χ4n) is 4.41. The first-order chi connectivity index (χ1) is 15.6. The van der Waals surface area contributed by atoms with Crippen LogP contribution in [0.2, 0.25) is 5.02 Å². The largest absolute Gasteiger partial charge is 0.493 e. The molecule has 186 valence electrons. The summed E-state index contributed by atoms with van der Waals surface area (Å²) in [6, 6.07) is 12.9. The van der Waals surface area contributed by atoms with E-state index in [0.29, 0.717) is 34.4 Å². The third-order valence-corrected chi connectivity index (χ3v) is 6.35. The number of rotatable bonds is 8. The van der Waals surface area contributed by atoms with E-state index in [9.17, 15) is 0 Å². The summed E-state index contributed by atoms with van der Waals surface area (Å²) in [7, 11) is 4.90. The summed E-state index contributed by atoms with van der Waals surface area (Å²) in [6.07, 6.45) is 6.31. The van der Waals surface area contributed by atoms with Gasteiger partial charge in [0, 0.05) is 40.9 Å². The van der Waals surface area contributed by atoms with Crippen LogP contribution < -0.4 is 24.8 Å². The number of nitrogens with one attached hydrogen (secondary N) is 2. The minimum Gasteiger partial charge on any atom is -0.493 e. The number of aromatic nitrogens is 1. The molecule has 0 atom stereocenters. The summed E-state index contributed by atoms with van der Waals surface area (Å²) < 4.78 is 16.3. The highest BCUT2D eigenvalue weighted by molar-refractivity contribution is 6.31. The first-order valence-corrected chi connectivity index (χ1v) is 11.3. The second-order valence-electron chi connectivity index (χ2n) is 8.13. The van der Waals surface area contributed by atoms with E-state index in [1.807, 2.05) is 42.6 Å². The number of fused-ring (bicyclic) bond motifs is 1. The molecule has 1 aliphatic carbocycles. The van der Waals surface area contributed by atoms with Crippen LogP contribution in [0, 0.1) is 0 Å². The van der Waals surface area contributed by atoms with Crippen LogP contribution in [-0.2, 0) is 6.54 Å². The van der Waals surface area contributed by atoms with E-state index >= 15 is 0 Å². The fraction of sp³-hybridized carbons (Fsp3) is 0.400. The zero-order valence-corrected chi connectivity index (χ0v) is 22.0. The molecule has 0 aliphatic heterocycles. The lowest BCUT2D eigenvalue weighted by Crippen LogP contribution is -2.36. The van der Waals surface area contributed by atoms with Crippen LogP contribution in [0.4, 0.5) is 5.69 Å². The Morgan fingerprint density at radius 1 is 0.882 bits per heavy atom. The van der Waals surface area contributed by atoms with Crippen molar-refractivity contribution in [1.29, 1.82) is 0 Å². The van der Waals surface area contributed by atoms with Gasteiger partial charge in [-0.15, -0.1) is 24.8 Å². The minimum atomic E-state index is 0. The highest BCUT2D eigenvalue weighted by atomic mass is 35.5. The van der Waals surface area contributed by atoms with Gasteiger partial charge in [-0.3, -0.25) is 4.98 Å². The van der Waals surface area contributed by atoms with Crippen LogP contribution in [0.3, 0.4) is 0 Å². The molecular weight excluding hydrogens is 497 g/mol. The summed E-state index contributed by atoms with van der Waals surface area (Å²) in [5.41, 5.74) is 3.16. The van der Waals surface area contributed by atoms with Crippen molar-refractivity contribution in [3.8, 4) is 17.2 Å². The summed E-state index contributed by atoms with van der Waals surface area (Å²) in [6.45, 7) is 0.759. The Hall–Kier alpha value is -2.12. The van der Waals surface area contributed by atoms with Crippen molar-refractivity contribution in [2.24, 2.45) is 0 Å². The van der Waals surface area contributed by atoms with Gasteiger partial charge in [0.25, 0.3) is 0 Å². The highest BCUT2D eigenvalue weighted by Crippen LogP contribution is 2.38. The summed E-state index contributed by atoms with van der Waals surface area (Å²) >= 11 is 6.11. The maximum atomic E-state index is 6.11. The predicted molar refractivity (Wildman–Crippen MR) is 144 cm³/mol. The maximum Gasteiger partial charge on any atom is 0.203 e. The van der Waals surface area contributed by atoms with E-state index in [-0.39, 0.29) is 24.8 Å². The molecule has 0 unspecified atom stereocenters. The van der Waals surface area contributed by atoms with E-state index in [0.717, 1.165) is 54.4 Å². The van der Waals surface area contributed by atoms with Crippen molar-refractivity contribution in [2.75, 3.05) is 26.6 Å². The second kappa shape index (κ2) is 13.1. The molecule has 0 amide bonds. The average Bonchev–Trinajstić information content (AvgIpc) is 2.82. The normalized spacial score (nSPS) is 17.3. The molecule has 34 heavy (non-hydrogen) atoms. The maximum absolute atomic E-state index is 6.11. The molecule has 2 N–H and O–H groups in total. The van der Waals surface area contributed by atoms with Gasteiger partial charge >= 0.3 is 0 Å². The number of ether oxygens (including phenoxy) is 3. The van der Waals surface area contributed by atoms with E-state index < -0.39 is 0 Å². The first-order valence-electron chi connectivity index (χ1n) is 10.9. The van der Waals surface area contributed by atoms with Gasteiger partial charge in [-0.2, -0.15) is 0 Å². The molecule has 4 rings (SSSR count). The zero-order chi connectivity index (χ0) is 22.5. The molecule has 2 aromatic carbocycles. The molecule has 1 aromatic heterocycles. The van der Waals surface area contributed by atoms with Gasteiger partial charge < -0.3 is 24.8 Å². The molecule has 1 saturated carbocycles. The van der Waals surface area contributed by atoms with Gasteiger partial charge in [-0.25, -0.2) is 0 Å². The SMILES string of the molecule is COc1cc(CN[C@H]2CC[C@H](Nc3ccnc4cc(Cl)ccc34)CC2)cc(OC)c1OC.Cl.Cl. The fourth-order valence-corrected chi connectivity index (χ4v) is 4.57. The monoisotopic (exact) mass is 527 g/mol. The molecule has 1 aliphatic rings. The molecule has 0 saturated heterocycles. The van der Waals surface area contributed by atoms with Crippen molar-refractivity contribution in [1.82, 2.24) is 10.3 Å². The number of benzene rings is 2.